The van der Waals surface area contributed by atoms with E-state index in [9.17, 15) is 4.79 Å². The number of fused-ring (bicyclic) bond motifs is 3. The van der Waals surface area contributed by atoms with Crippen molar-refractivity contribution >= 4 is 27.9 Å². The van der Waals surface area contributed by atoms with Crippen LogP contribution in [0.5, 0.6) is 0 Å². The standard InChI is InChI=1S/C17H16O3/c18-17(19)8-4-1-5-12-9-10-16-14(11-12)13-6-2-3-7-15(13)20-16/h2-3,6-7,9-11H,1,4-5,8H2,(H,18,19). The summed E-state index contributed by atoms with van der Waals surface area (Å²) >= 11 is 0. The Kier molecular flexibility index (Phi) is 3.42. The Morgan fingerprint density at radius 3 is 2.65 bits per heavy atom. The number of para-hydroxylation sites is 1. The maximum atomic E-state index is 10.5. The largest absolute Gasteiger partial charge is 0.481 e. The molecule has 0 spiro atoms. The molecule has 3 nitrogen and oxygen atoms in total. The Hall–Kier alpha value is -2.29. The molecule has 0 aliphatic rings. The average Bonchev–Trinajstić information content (AvgIpc) is 2.81. The van der Waals surface area contributed by atoms with Crippen molar-refractivity contribution in [3.8, 4) is 0 Å². The third-order valence-corrected chi connectivity index (χ3v) is 3.55. The Bertz CT molecular complexity index is 755. The molecule has 1 heterocycles. The van der Waals surface area contributed by atoms with Crippen LogP contribution in [0.3, 0.4) is 0 Å². The van der Waals surface area contributed by atoms with E-state index in [1.165, 1.54) is 5.56 Å². The Balaban J connectivity index is 1.82. The van der Waals surface area contributed by atoms with Gasteiger partial charge in [-0.25, -0.2) is 0 Å². The minimum atomic E-state index is -0.721. The molecule has 0 unspecified atom stereocenters. The summed E-state index contributed by atoms with van der Waals surface area (Å²) in [7, 11) is 0. The van der Waals surface area contributed by atoms with Gasteiger partial charge in [0.05, 0.1) is 0 Å². The van der Waals surface area contributed by atoms with Crippen LogP contribution in [-0.2, 0) is 11.2 Å². The number of rotatable bonds is 5. The summed E-state index contributed by atoms with van der Waals surface area (Å²) in [4.78, 5) is 10.5. The van der Waals surface area contributed by atoms with Crippen molar-refractivity contribution in [2.45, 2.75) is 25.7 Å². The van der Waals surface area contributed by atoms with Crippen molar-refractivity contribution in [2.24, 2.45) is 0 Å². The zero-order valence-corrected chi connectivity index (χ0v) is 11.1. The van der Waals surface area contributed by atoms with Gasteiger partial charge in [0.2, 0.25) is 0 Å². The van der Waals surface area contributed by atoms with Crippen LogP contribution in [0.15, 0.2) is 46.9 Å². The number of carbonyl (C=O) groups is 1. The van der Waals surface area contributed by atoms with Gasteiger partial charge in [-0.1, -0.05) is 24.3 Å². The molecular formula is C17H16O3. The fourth-order valence-corrected chi connectivity index (χ4v) is 2.53. The van der Waals surface area contributed by atoms with Crippen LogP contribution in [-0.4, -0.2) is 11.1 Å². The SMILES string of the molecule is O=C(O)CCCCc1ccc2oc3ccccc3c2c1. The van der Waals surface area contributed by atoms with Gasteiger partial charge in [0.15, 0.2) is 0 Å². The third-order valence-electron chi connectivity index (χ3n) is 3.55. The molecule has 0 saturated carbocycles. The molecule has 0 atom stereocenters. The topological polar surface area (TPSA) is 50.4 Å². The number of unbranched alkanes of at least 4 members (excludes halogenated alkanes) is 1. The maximum Gasteiger partial charge on any atom is 0.303 e. The normalized spacial score (nSPS) is 11.2. The Labute approximate surface area is 116 Å². The van der Waals surface area contributed by atoms with E-state index < -0.39 is 5.97 Å². The molecule has 0 saturated heterocycles. The summed E-state index contributed by atoms with van der Waals surface area (Å²) in [6.45, 7) is 0. The van der Waals surface area contributed by atoms with Gasteiger partial charge in [0.1, 0.15) is 11.2 Å². The number of aryl methyl sites for hydroxylation is 1. The first-order valence-electron chi connectivity index (χ1n) is 6.86. The van der Waals surface area contributed by atoms with Crippen LogP contribution < -0.4 is 0 Å². The van der Waals surface area contributed by atoms with Crippen LogP contribution in [0.2, 0.25) is 0 Å². The summed E-state index contributed by atoms with van der Waals surface area (Å²) < 4.78 is 5.79. The van der Waals surface area contributed by atoms with Crippen molar-refractivity contribution in [1.82, 2.24) is 0 Å². The van der Waals surface area contributed by atoms with Gasteiger partial charge in [-0.3, -0.25) is 4.79 Å². The van der Waals surface area contributed by atoms with Crippen molar-refractivity contribution in [1.29, 1.82) is 0 Å². The van der Waals surface area contributed by atoms with E-state index in [1.807, 2.05) is 24.3 Å². The fraction of sp³-hybridized carbons (Fsp3) is 0.235. The first-order valence-corrected chi connectivity index (χ1v) is 6.86. The molecule has 0 radical (unpaired) electrons. The average molecular weight is 268 g/mol. The lowest BCUT2D eigenvalue weighted by Gasteiger charge is -2.00. The van der Waals surface area contributed by atoms with E-state index in [0.29, 0.717) is 0 Å². The lowest BCUT2D eigenvalue weighted by molar-refractivity contribution is -0.137. The number of carboxylic acid groups (broad SMARTS) is 1. The quantitative estimate of drug-likeness (QED) is 0.698. The van der Waals surface area contributed by atoms with Gasteiger partial charge < -0.3 is 9.52 Å². The molecule has 0 bridgehead atoms. The second-order valence-electron chi connectivity index (χ2n) is 5.03. The van der Waals surface area contributed by atoms with Crippen molar-refractivity contribution in [3.63, 3.8) is 0 Å². The summed E-state index contributed by atoms with van der Waals surface area (Å²) in [5.74, 6) is -0.721. The van der Waals surface area contributed by atoms with E-state index in [4.69, 9.17) is 9.52 Å². The first kappa shape index (κ1) is 12.7. The van der Waals surface area contributed by atoms with Gasteiger partial charge in [-0.15, -0.1) is 0 Å². The summed E-state index contributed by atoms with van der Waals surface area (Å²) in [6.07, 6.45) is 2.77. The van der Waals surface area contributed by atoms with E-state index in [0.717, 1.165) is 41.2 Å². The maximum absolute atomic E-state index is 10.5. The van der Waals surface area contributed by atoms with Crippen LogP contribution >= 0.6 is 0 Å². The van der Waals surface area contributed by atoms with Crippen molar-refractivity contribution in [3.05, 3.63) is 48.0 Å². The van der Waals surface area contributed by atoms with E-state index in [-0.39, 0.29) is 6.42 Å². The zero-order valence-electron chi connectivity index (χ0n) is 11.1. The van der Waals surface area contributed by atoms with Gasteiger partial charge in [-0.05, 0) is 43.0 Å². The number of benzene rings is 2. The number of furan rings is 1. The molecule has 0 fully saturated rings. The second kappa shape index (κ2) is 5.37. The highest BCUT2D eigenvalue weighted by Gasteiger charge is 2.06. The predicted octanol–water partition coefficient (Wildman–Crippen LogP) is 4.38. The Morgan fingerprint density at radius 2 is 1.80 bits per heavy atom. The molecule has 3 heteroatoms. The highest BCUT2D eigenvalue weighted by atomic mass is 16.4. The molecule has 0 aliphatic heterocycles. The summed E-state index contributed by atoms with van der Waals surface area (Å²) in [6, 6.07) is 14.2. The first-order chi connectivity index (χ1) is 9.74. The summed E-state index contributed by atoms with van der Waals surface area (Å²) in [5, 5.41) is 10.9. The zero-order chi connectivity index (χ0) is 13.9. The number of hydrogen-bond donors (Lipinski definition) is 1. The molecular weight excluding hydrogens is 252 g/mol. The van der Waals surface area contributed by atoms with E-state index in [1.54, 1.807) is 0 Å². The highest BCUT2D eigenvalue weighted by Crippen LogP contribution is 2.29. The van der Waals surface area contributed by atoms with E-state index in [2.05, 4.69) is 18.2 Å². The van der Waals surface area contributed by atoms with Crippen LogP contribution in [0, 0.1) is 0 Å². The van der Waals surface area contributed by atoms with Crippen LogP contribution in [0.25, 0.3) is 21.9 Å². The molecule has 1 N–H and O–H groups in total. The van der Waals surface area contributed by atoms with Gasteiger partial charge >= 0.3 is 5.97 Å². The Morgan fingerprint density at radius 1 is 1.00 bits per heavy atom. The van der Waals surface area contributed by atoms with E-state index >= 15 is 0 Å². The molecule has 102 valence electrons. The number of hydrogen-bond acceptors (Lipinski definition) is 2. The molecule has 0 aliphatic carbocycles. The molecule has 3 aromatic rings. The van der Waals surface area contributed by atoms with Gasteiger partial charge in [0, 0.05) is 17.2 Å². The number of carboxylic acids is 1. The number of aliphatic carboxylic acids is 1. The molecule has 1 aromatic heterocycles. The lowest BCUT2D eigenvalue weighted by atomic mass is 10.0. The van der Waals surface area contributed by atoms with Crippen molar-refractivity contribution in [2.75, 3.05) is 0 Å². The lowest BCUT2D eigenvalue weighted by Crippen LogP contribution is -1.94. The monoisotopic (exact) mass is 268 g/mol. The minimum absolute atomic E-state index is 0.247. The predicted molar refractivity (Wildman–Crippen MR) is 78.9 cm³/mol. The summed E-state index contributed by atoms with van der Waals surface area (Å²) in [5.41, 5.74) is 3.04. The van der Waals surface area contributed by atoms with Crippen LogP contribution in [0.4, 0.5) is 0 Å². The molecule has 20 heavy (non-hydrogen) atoms. The smallest absolute Gasteiger partial charge is 0.303 e. The van der Waals surface area contributed by atoms with Gasteiger partial charge in [-0.2, -0.15) is 0 Å². The van der Waals surface area contributed by atoms with Gasteiger partial charge in [0.25, 0.3) is 0 Å². The molecule has 0 amide bonds. The molecule has 3 rings (SSSR count). The third kappa shape index (κ3) is 2.52. The fourth-order valence-electron chi connectivity index (χ4n) is 2.53. The highest BCUT2D eigenvalue weighted by molar-refractivity contribution is 6.04. The molecule has 2 aromatic carbocycles. The minimum Gasteiger partial charge on any atom is -0.481 e. The van der Waals surface area contributed by atoms with Crippen molar-refractivity contribution < 1.29 is 14.3 Å². The second-order valence-corrected chi connectivity index (χ2v) is 5.03. The van der Waals surface area contributed by atoms with Crippen LogP contribution in [0.1, 0.15) is 24.8 Å².